The molecule has 0 heterocycles. The van der Waals surface area contributed by atoms with Gasteiger partial charge in [-0.25, -0.2) is 15.0 Å². The number of hydrogen-bond acceptors (Lipinski definition) is 8. The van der Waals surface area contributed by atoms with E-state index < -0.39 is 60.1 Å². The molecule has 1 saturated carbocycles. The molecule has 13 heteroatoms. The van der Waals surface area contributed by atoms with E-state index in [0.717, 1.165) is 5.01 Å². The van der Waals surface area contributed by atoms with Crippen LogP contribution in [0, 0.1) is 5.92 Å². The second-order valence-corrected chi connectivity index (χ2v) is 6.43. The van der Waals surface area contributed by atoms with Gasteiger partial charge < -0.3 is 37.4 Å². The van der Waals surface area contributed by atoms with Crippen LogP contribution in [0.5, 0.6) is 0 Å². The van der Waals surface area contributed by atoms with Crippen LogP contribution in [-0.2, 0) is 14.4 Å². The summed E-state index contributed by atoms with van der Waals surface area (Å²) in [5.41, 5.74) is 11.9. The predicted molar refractivity (Wildman–Crippen MR) is 90.6 cm³/mol. The molecular weight excluding hydrogens is 364 g/mol. The maximum atomic E-state index is 12.7. The Labute approximate surface area is 155 Å². The number of primary amides is 1. The van der Waals surface area contributed by atoms with Crippen LogP contribution in [-0.4, -0.2) is 88.1 Å². The zero-order valence-corrected chi connectivity index (χ0v) is 15.0. The maximum Gasteiger partial charge on any atom is 0.328 e. The number of nitrogens with zero attached hydrogens (tertiary/aromatic N) is 1. The minimum atomic E-state index is -1.65. The van der Waals surface area contributed by atoms with E-state index in [1.165, 1.54) is 14.0 Å². The van der Waals surface area contributed by atoms with Crippen LogP contribution in [0.3, 0.4) is 0 Å². The predicted octanol–water partition coefficient (Wildman–Crippen LogP) is -4.35. The van der Waals surface area contributed by atoms with E-state index in [2.05, 4.69) is 10.7 Å². The number of hydrazine groups is 1. The highest BCUT2D eigenvalue weighted by molar-refractivity contribution is 6.01. The normalized spacial score (nSPS) is 24.3. The van der Waals surface area contributed by atoms with Crippen molar-refractivity contribution in [1.29, 1.82) is 0 Å². The Morgan fingerprint density at radius 1 is 1.33 bits per heavy atom. The van der Waals surface area contributed by atoms with Gasteiger partial charge in [0.1, 0.15) is 5.54 Å². The molecule has 0 aliphatic heterocycles. The highest BCUT2D eigenvalue weighted by atomic mass is 16.4. The molecule has 0 bridgehead atoms. The first-order valence-corrected chi connectivity index (χ1v) is 8.13. The third kappa shape index (κ3) is 5.50. The minimum absolute atomic E-state index is 0.0367. The fourth-order valence-electron chi connectivity index (χ4n) is 2.40. The molecule has 0 spiro atoms. The van der Waals surface area contributed by atoms with E-state index in [4.69, 9.17) is 21.7 Å². The summed E-state index contributed by atoms with van der Waals surface area (Å²) in [5.74, 6) is -3.96. The summed E-state index contributed by atoms with van der Waals surface area (Å²) in [6.45, 7) is 0.655. The van der Waals surface area contributed by atoms with Gasteiger partial charge in [-0.2, -0.15) is 0 Å². The van der Waals surface area contributed by atoms with Crippen molar-refractivity contribution >= 4 is 23.8 Å². The number of hydrogen-bond donors (Lipinski definition) is 8. The van der Waals surface area contributed by atoms with Crippen LogP contribution in [0.15, 0.2) is 0 Å². The number of urea groups is 1. The molecule has 4 amide bonds. The van der Waals surface area contributed by atoms with Crippen LogP contribution in [0.25, 0.3) is 0 Å². The van der Waals surface area contributed by atoms with Crippen molar-refractivity contribution in [2.45, 2.75) is 37.1 Å². The number of rotatable bonds is 10. The van der Waals surface area contributed by atoms with E-state index in [0.29, 0.717) is 0 Å². The fourth-order valence-corrected chi connectivity index (χ4v) is 2.40. The number of carbonyl (C=O) groups excluding carboxylic acids is 3. The molecule has 0 aromatic rings. The van der Waals surface area contributed by atoms with Gasteiger partial charge >= 0.3 is 12.0 Å². The van der Waals surface area contributed by atoms with Gasteiger partial charge in [0, 0.05) is 19.6 Å². The number of carboxylic acid groups (broad SMARTS) is 1. The third-order valence-corrected chi connectivity index (χ3v) is 4.30. The number of nitrogens with two attached hydrogens (primary N) is 2. The number of likely N-dealkylation sites (N-methyl/N-ethyl adjacent to an activating group) is 1. The molecule has 0 radical (unpaired) electrons. The van der Waals surface area contributed by atoms with Crippen LogP contribution < -0.4 is 27.5 Å². The molecule has 1 rings (SSSR count). The number of carbonyl (C=O) groups is 4. The van der Waals surface area contributed by atoms with E-state index in [-0.39, 0.29) is 13.0 Å². The highest BCUT2D eigenvalue weighted by Crippen LogP contribution is 2.44. The van der Waals surface area contributed by atoms with Gasteiger partial charge in [-0.1, -0.05) is 0 Å². The zero-order valence-electron chi connectivity index (χ0n) is 15.0. The average molecular weight is 390 g/mol. The molecule has 154 valence electrons. The van der Waals surface area contributed by atoms with Crippen LogP contribution in [0.1, 0.15) is 13.3 Å². The van der Waals surface area contributed by atoms with Crippen molar-refractivity contribution in [3.63, 3.8) is 0 Å². The summed E-state index contributed by atoms with van der Waals surface area (Å²) in [6.07, 6.45) is -0.899. The molecule has 5 atom stereocenters. The van der Waals surface area contributed by atoms with Gasteiger partial charge in [0.05, 0.1) is 18.6 Å². The fraction of sp³-hybridized carbons (Fsp3) is 0.714. The lowest BCUT2D eigenvalue weighted by Crippen LogP contribution is -2.60. The second kappa shape index (κ2) is 8.94. The Bertz CT molecular complexity index is 601. The van der Waals surface area contributed by atoms with Gasteiger partial charge in [-0.15, -0.1) is 0 Å². The van der Waals surface area contributed by atoms with Crippen molar-refractivity contribution in [2.24, 2.45) is 17.4 Å². The standard InChI is InChI=1S/C14H26N6O7/c1-6(22)8(15)4-17-20(2)12(26)14(3-7(14)10(16)23)19-13(27)18-9(5-21)11(24)25/h6-9,17,21-22H,3-5,15H2,1-2H3,(H2,16,23)(H,24,25)(H2,18,19,27)/t6?,7-,8+,9-,14?/m0/s1. The summed E-state index contributed by atoms with van der Waals surface area (Å²) in [4.78, 5) is 47.1. The van der Waals surface area contributed by atoms with Crippen LogP contribution in [0.4, 0.5) is 4.79 Å². The van der Waals surface area contributed by atoms with Crippen LogP contribution in [0.2, 0.25) is 0 Å². The second-order valence-electron chi connectivity index (χ2n) is 6.43. The van der Waals surface area contributed by atoms with Crippen LogP contribution >= 0.6 is 0 Å². The smallest absolute Gasteiger partial charge is 0.328 e. The minimum Gasteiger partial charge on any atom is -0.480 e. The van der Waals surface area contributed by atoms with Crippen molar-refractivity contribution in [3.8, 4) is 0 Å². The van der Waals surface area contributed by atoms with Crippen molar-refractivity contribution < 1.29 is 34.5 Å². The molecule has 0 aromatic carbocycles. The zero-order chi connectivity index (χ0) is 20.9. The molecule has 1 aliphatic carbocycles. The Hall–Kier alpha value is -2.48. The lowest BCUT2D eigenvalue weighted by Gasteiger charge is -2.27. The lowest BCUT2D eigenvalue weighted by molar-refractivity contribution is -0.140. The summed E-state index contributed by atoms with van der Waals surface area (Å²) in [5, 5.41) is 32.4. The number of nitrogens with one attached hydrogen (secondary N) is 3. The molecule has 1 aliphatic rings. The first kappa shape index (κ1) is 22.6. The van der Waals surface area contributed by atoms with E-state index in [1.807, 2.05) is 5.32 Å². The van der Waals surface area contributed by atoms with Gasteiger partial charge in [0.15, 0.2) is 6.04 Å². The van der Waals surface area contributed by atoms with Gasteiger partial charge in [-0.3, -0.25) is 14.6 Å². The van der Waals surface area contributed by atoms with Gasteiger partial charge in [0.2, 0.25) is 5.91 Å². The Balaban J connectivity index is 2.82. The van der Waals surface area contributed by atoms with Gasteiger partial charge in [0.25, 0.3) is 5.91 Å². The van der Waals surface area contributed by atoms with Gasteiger partial charge in [-0.05, 0) is 13.3 Å². The third-order valence-electron chi connectivity index (χ3n) is 4.30. The number of aliphatic carboxylic acids is 1. The number of aliphatic hydroxyl groups is 2. The molecule has 0 saturated heterocycles. The Morgan fingerprint density at radius 3 is 2.33 bits per heavy atom. The molecular formula is C14H26N6O7. The monoisotopic (exact) mass is 390 g/mol. The van der Waals surface area contributed by atoms with Crippen molar-refractivity contribution in [3.05, 3.63) is 0 Å². The molecule has 13 nitrogen and oxygen atoms in total. The first-order chi connectivity index (χ1) is 12.5. The molecule has 1 fully saturated rings. The van der Waals surface area contributed by atoms with Crippen molar-refractivity contribution in [1.82, 2.24) is 21.1 Å². The summed E-state index contributed by atoms with van der Waals surface area (Å²) in [7, 11) is 1.34. The molecule has 27 heavy (non-hydrogen) atoms. The maximum absolute atomic E-state index is 12.7. The Kier molecular flexibility index (Phi) is 7.47. The topological polar surface area (TPSA) is 220 Å². The number of aliphatic hydroxyl groups excluding tert-OH is 2. The molecule has 0 aromatic heterocycles. The molecule has 10 N–H and O–H groups in total. The largest absolute Gasteiger partial charge is 0.480 e. The Morgan fingerprint density at radius 2 is 1.93 bits per heavy atom. The average Bonchev–Trinajstić information content (AvgIpc) is 3.31. The van der Waals surface area contributed by atoms with E-state index in [9.17, 15) is 24.3 Å². The number of amides is 4. The number of carboxylic acids is 1. The SMILES string of the molecule is CC(O)[C@H](N)CNN(C)C(=O)C1(NC(=O)N[C@@H](CO)C(=O)O)C[C@H]1C(N)=O. The van der Waals surface area contributed by atoms with E-state index in [1.54, 1.807) is 0 Å². The first-order valence-electron chi connectivity index (χ1n) is 8.13. The molecule has 2 unspecified atom stereocenters. The van der Waals surface area contributed by atoms with Crippen molar-refractivity contribution in [2.75, 3.05) is 20.2 Å². The summed E-state index contributed by atoms with van der Waals surface area (Å²) < 4.78 is 0. The summed E-state index contributed by atoms with van der Waals surface area (Å²) >= 11 is 0. The van der Waals surface area contributed by atoms with E-state index >= 15 is 0 Å². The quantitative estimate of drug-likeness (QED) is 0.169. The summed E-state index contributed by atoms with van der Waals surface area (Å²) in [6, 6.07) is -3.30. The highest BCUT2D eigenvalue weighted by Gasteiger charge is 2.65. The lowest BCUT2D eigenvalue weighted by atomic mass is 10.1.